The Morgan fingerprint density at radius 1 is 1.00 bits per heavy atom. The summed E-state index contributed by atoms with van der Waals surface area (Å²) in [6.45, 7) is 1.88. The van der Waals surface area contributed by atoms with Crippen LogP contribution in [0.25, 0.3) is 0 Å². The lowest BCUT2D eigenvalue weighted by atomic mass is 10.1. The number of carboxylic acid groups (broad SMARTS) is 1. The number of para-hydroxylation sites is 2. The highest BCUT2D eigenvalue weighted by Gasteiger charge is 2.35. The Morgan fingerprint density at radius 3 is 2.32 bits per heavy atom. The summed E-state index contributed by atoms with van der Waals surface area (Å²) in [7, 11) is -3.83. The van der Waals surface area contributed by atoms with Crippen molar-refractivity contribution in [3.63, 3.8) is 0 Å². The zero-order valence-corrected chi connectivity index (χ0v) is 17.8. The molecule has 0 aliphatic carbocycles. The number of benzene rings is 2. The van der Waals surface area contributed by atoms with Crippen LogP contribution in [0.15, 0.2) is 53.4 Å². The van der Waals surface area contributed by atoms with Crippen molar-refractivity contribution in [3.05, 3.63) is 48.5 Å². The summed E-state index contributed by atoms with van der Waals surface area (Å²) in [4.78, 5) is 26.9. The lowest BCUT2D eigenvalue weighted by molar-refractivity contribution is -0.141. The van der Waals surface area contributed by atoms with Crippen LogP contribution in [-0.4, -0.2) is 45.0 Å². The van der Waals surface area contributed by atoms with Crippen LogP contribution in [0, 0.1) is 5.92 Å². The molecule has 0 spiro atoms. The second-order valence-electron chi connectivity index (χ2n) is 7.91. The van der Waals surface area contributed by atoms with E-state index in [0.29, 0.717) is 11.4 Å². The van der Waals surface area contributed by atoms with E-state index < -0.39 is 21.9 Å². The summed E-state index contributed by atoms with van der Waals surface area (Å²) in [6, 6.07) is 13.3. The van der Waals surface area contributed by atoms with Gasteiger partial charge in [0.25, 0.3) is 10.0 Å². The topological polar surface area (TPSA) is 107 Å². The summed E-state index contributed by atoms with van der Waals surface area (Å²) in [6.07, 6.45) is 3.30. The average molecular weight is 444 g/mol. The Labute approximate surface area is 181 Å². The Hall–Kier alpha value is -3.07. The third kappa shape index (κ3) is 4.51. The lowest BCUT2D eigenvalue weighted by Crippen LogP contribution is -2.30. The van der Waals surface area contributed by atoms with E-state index >= 15 is 0 Å². The predicted molar refractivity (Wildman–Crippen MR) is 118 cm³/mol. The molecule has 1 amide bonds. The molecule has 9 heteroatoms. The first-order chi connectivity index (χ1) is 14.8. The number of hydrogen-bond acceptors (Lipinski definition) is 5. The van der Waals surface area contributed by atoms with E-state index in [9.17, 15) is 18.0 Å². The Bertz CT molecular complexity index is 1080. The third-order valence-corrected chi connectivity index (χ3v) is 7.16. The zero-order valence-electron chi connectivity index (χ0n) is 17.0. The molecule has 2 heterocycles. The maximum Gasteiger partial charge on any atom is 0.308 e. The van der Waals surface area contributed by atoms with E-state index in [1.54, 1.807) is 12.1 Å². The van der Waals surface area contributed by atoms with E-state index in [4.69, 9.17) is 5.11 Å². The molecule has 0 aromatic heterocycles. The summed E-state index contributed by atoms with van der Waals surface area (Å²) in [5, 5.41) is 9.13. The third-order valence-electron chi connectivity index (χ3n) is 5.78. The van der Waals surface area contributed by atoms with E-state index in [2.05, 4.69) is 9.62 Å². The Morgan fingerprint density at radius 2 is 1.68 bits per heavy atom. The van der Waals surface area contributed by atoms with Crippen molar-refractivity contribution in [1.82, 2.24) is 0 Å². The molecule has 164 valence electrons. The molecule has 2 aromatic rings. The van der Waals surface area contributed by atoms with Crippen molar-refractivity contribution in [3.8, 4) is 0 Å². The van der Waals surface area contributed by atoms with Gasteiger partial charge in [0, 0.05) is 31.7 Å². The van der Waals surface area contributed by atoms with Gasteiger partial charge in [-0.15, -0.1) is 0 Å². The second-order valence-corrected chi connectivity index (χ2v) is 9.59. The van der Waals surface area contributed by atoms with Crippen LogP contribution in [0.3, 0.4) is 0 Å². The van der Waals surface area contributed by atoms with Crippen LogP contribution >= 0.6 is 0 Å². The minimum Gasteiger partial charge on any atom is -0.481 e. The first-order valence-corrected chi connectivity index (χ1v) is 11.8. The first kappa shape index (κ1) is 21.2. The van der Waals surface area contributed by atoms with Crippen LogP contribution in [0.1, 0.15) is 25.7 Å². The van der Waals surface area contributed by atoms with Gasteiger partial charge >= 0.3 is 5.97 Å². The first-order valence-electron chi connectivity index (χ1n) is 10.4. The molecule has 1 unspecified atom stereocenters. The number of nitrogens with one attached hydrogen (secondary N) is 1. The van der Waals surface area contributed by atoms with Crippen LogP contribution < -0.4 is 14.5 Å². The number of nitrogens with zero attached hydrogens (tertiary/aromatic N) is 2. The van der Waals surface area contributed by atoms with E-state index in [1.807, 2.05) is 12.1 Å². The summed E-state index contributed by atoms with van der Waals surface area (Å²) < 4.78 is 28.7. The fraction of sp³-hybridized carbons (Fsp3) is 0.364. The normalized spacial score (nSPS) is 19.5. The smallest absolute Gasteiger partial charge is 0.308 e. The number of aliphatic carboxylic acids is 1. The second kappa shape index (κ2) is 8.58. The molecule has 1 atom stereocenters. The number of carbonyl (C=O) groups is 2. The van der Waals surface area contributed by atoms with E-state index in [-0.39, 0.29) is 23.8 Å². The molecule has 0 saturated carbocycles. The Kier molecular flexibility index (Phi) is 5.86. The minimum atomic E-state index is -3.83. The van der Waals surface area contributed by atoms with Gasteiger partial charge in [-0.3, -0.25) is 14.3 Å². The van der Waals surface area contributed by atoms with Crippen molar-refractivity contribution in [2.24, 2.45) is 5.92 Å². The van der Waals surface area contributed by atoms with Gasteiger partial charge in [0.05, 0.1) is 22.2 Å². The van der Waals surface area contributed by atoms with Crippen LogP contribution in [-0.2, 0) is 19.6 Å². The molecular formula is C22H25N3O5S. The lowest BCUT2D eigenvalue weighted by Gasteiger charge is -2.30. The summed E-state index contributed by atoms with van der Waals surface area (Å²) in [5.41, 5.74) is 1.89. The van der Waals surface area contributed by atoms with Crippen LogP contribution in [0.5, 0.6) is 0 Å². The molecule has 2 aliphatic rings. The van der Waals surface area contributed by atoms with Crippen molar-refractivity contribution >= 4 is 39.0 Å². The minimum absolute atomic E-state index is 0.0514. The molecule has 8 nitrogen and oxygen atoms in total. The fourth-order valence-corrected chi connectivity index (χ4v) is 5.18. The monoisotopic (exact) mass is 443 g/mol. The standard InChI is InChI=1S/C22H25N3O5S/c26-21-14-16(22(27)28)15-25(21)17-8-10-18(11-9-17)31(29,30)23-19-6-2-3-7-20(19)24-12-4-1-5-13-24/h2-3,6-11,16,23H,1,4-5,12-15H2,(H,27,28). The van der Waals surface area contributed by atoms with Crippen LogP contribution in [0.4, 0.5) is 17.1 Å². The molecule has 2 fully saturated rings. The highest BCUT2D eigenvalue weighted by atomic mass is 32.2. The Balaban J connectivity index is 1.53. The molecular weight excluding hydrogens is 418 g/mol. The molecule has 2 saturated heterocycles. The molecule has 4 rings (SSSR count). The number of sulfonamides is 1. The molecule has 2 aliphatic heterocycles. The van der Waals surface area contributed by atoms with Crippen molar-refractivity contribution in [2.75, 3.05) is 34.2 Å². The maximum absolute atomic E-state index is 13.0. The van der Waals surface area contributed by atoms with Gasteiger partial charge in [0.15, 0.2) is 0 Å². The van der Waals surface area contributed by atoms with Gasteiger partial charge < -0.3 is 14.9 Å². The molecule has 0 bridgehead atoms. The van der Waals surface area contributed by atoms with Gasteiger partial charge in [-0.2, -0.15) is 0 Å². The van der Waals surface area contributed by atoms with Gasteiger partial charge in [-0.1, -0.05) is 12.1 Å². The highest BCUT2D eigenvalue weighted by Crippen LogP contribution is 2.31. The number of hydrogen-bond donors (Lipinski definition) is 2. The maximum atomic E-state index is 13.0. The number of piperidine rings is 1. The number of carbonyl (C=O) groups excluding carboxylic acids is 1. The number of rotatable bonds is 6. The number of carboxylic acids is 1. The molecule has 2 aromatic carbocycles. The van der Waals surface area contributed by atoms with Gasteiger partial charge in [0.2, 0.25) is 5.91 Å². The van der Waals surface area contributed by atoms with E-state index in [0.717, 1.165) is 31.6 Å². The fourth-order valence-electron chi connectivity index (χ4n) is 4.10. The van der Waals surface area contributed by atoms with Crippen LogP contribution in [0.2, 0.25) is 0 Å². The van der Waals surface area contributed by atoms with E-state index in [1.165, 1.54) is 35.6 Å². The average Bonchev–Trinajstić information content (AvgIpc) is 3.17. The largest absolute Gasteiger partial charge is 0.481 e. The zero-order chi connectivity index (χ0) is 22.0. The van der Waals surface area contributed by atoms with Crippen molar-refractivity contribution in [1.29, 1.82) is 0 Å². The summed E-state index contributed by atoms with van der Waals surface area (Å²) >= 11 is 0. The van der Waals surface area contributed by atoms with Crippen molar-refractivity contribution < 1.29 is 23.1 Å². The predicted octanol–water partition coefficient (Wildman–Crippen LogP) is 2.92. The van der Waals surface area contributed by atoms with Gasteiger partial charge in [-0.25, -0.2) is 8.42 Å². The quantitative estimate of drug-likeness (QED) is 0.711. The SMILES string of the molecule is O=C(O)C1CC(=O)N(c2ccc(S(=O)(=O)Nc3ccccc3N3CCCCC3)cc2)C1. The van der Waals surface area contributed by atoms with Gasteiger partial charge in [-0.05, 0) is 55.7 Å². The molecule has 2 N–H and O–H groups in total. The summed E-state index contributed by atoms with van der Waals surface area (Å²) in [5.74, 6) is -2.04. The van der Waals surface area contributed by atoms with Crippen molar-refractivity contribution in [2.45, 2.75) is 30.6 Å². The van der Waals surface area contributed by atoms with Gasteiger partial charge in [0.1, 0.15) is 0 Å². The highest BCUT2D eigenvalue weighted by molar-refractivity contribution is 7.92. The molecule has 31 heavy (non-hydrogen) atoms. The molecule has 0 radical (unpaired) electrons. The number of anilines is 3. The number of amides is 1.